The number of nitrogens with zero attached hydrogens (tertiary/aromatic N) is 2. The van der Waals surface area contributed by atoms with E-state index in [1.807, 2.05) is 6.92 Å². The van der Waals surface area contributed by atoms with Crippen molar-refractivity contribution in [1.29, 1.82) is 0 Å². The van der Waals surface area contributed by atoms with Gasteiger partial charge >= 0.3 is 0 Å². The fourth-order valence-electron chi connectivity index (χ4n) is 2.98. The third-order valence-corrected chi connectivity index (χ3v) is 4.75. The van der Waals surface area contributed by atoms with E-state index in [4.69, 9.17) is 11.6 Å². The van der Waals surface area contributed by atoms with Crippen LogP contribution in [0.4, 0.5) is 17.2 Å². The molecule has 8 nitrogen and oxygen atoms in total. The third kappa shape index (κ3) is 6.86. The number of pyridine rings is 1. The van der Waals surface area contributed by atoms with E-state index in [1.54, 1.807) is 73.6 Å². The SMILES string of the molecule is Cc1ccc(NC(=O)c2ccc(NC(=O)CN(C)C)cc2)c(C(=O)Nc2ccc(Cl)cn2)c1. The number of rotatable bonds is 7. The lowest BCUT2D eigenvalue weighted by atomic mass is 10.1. The summed E-state index contributed by atoms with van der Waals surface area (Å²) >= 11 is 5.84. The molecule has 0 saturated heterocycles. The van der Waals surface area contributed by atoms with Crippen molar-refractivity contribution < 1.29 is 14.4 Å². The van der Waals surface area contributed by atoms with Gasteiger partial charge in [0.25, 0.3) is 11.8 Å². The summed E-state index contributed by atoms with van der Waals surface area (Å²) in [5.41, 5.74) is 2.49. The van der Waals surface area contributed by atoms with Gasteiger partial charge in [-0.3, -0.25) is 14.4 Å². The van der Waals surface area contributed by atoms with Crippen LogP contribution in [0.3, 0.4) is 0 Å². The number of hydrogen-bond donors (Lipinski definition) is 3. The van der Waals surface area contributed by atoms with E-state index in [-0.39, 0.29) is 18.4 Å². The van der Waals surface area contributed by atoms with E-state index in [1.165, 1.54) is 6.20 Å². The maximum Gasteiger partial charge on any atom is 0.258 e. The van der Waals surface area contributed by atoms with Crippen LogP contribution in [0.1, 0.15) is 26.3 Å². The maximum atomic E-state index is 12.8. The number of benzene rings is 2. The van der Waals surface area contributed by atoms with Gasteiger partial charge in [-0.25, -0.2) is 4.98 Å². The quantitative estimate of drug-likeness (QED) is 0.488. The Morgan fingerprint density at radius 3 is 2.27 bits per heavy atom. The molecule has 1 heterocycles. The second kappa shape index (κ2) is 10.7. The molecule has 0 unspecified atom stereocenters. The number of aryl methyl sites for hydroxylation is 1. The smallest absolute Gasteiger partial charge is 0.258 e. The zero-order valence-corrected chi connectivity index (χ0v) is 19.2. The number of halogens is 1. The Bertz CT molecular complexity index is 1160. The molecule has 0 spiro atoms. The number of aromatic nitrogens is 1. The number of nitrogens with one attached hydrogen (secondary N) is 3. The number of likely N-dealkylation sites (N-methyl/N-ethyl adjacent to an activating group) is 1. The van der Waals surface area contributed by atoms with Gasteiger partial charge in [0.05, 0.1) is 22.8 Å². The molecule has 1 aromatic heterocycles. The van der Waals surface area contributed by atoms with Gasteiger partial charge in [-0.15, -0.1) is 0 Å². The summed E-state index contributed by atoms with van der Waals surface area (Å²) in [5, 5.41) is 8.71. The van der Waals surface area contributed by atoms with Crippen molar-refractivity contribution in [2.75, 3.05) is 36.6 Å². The molecule has 0 aliphatic rings. The zero-order valence-electron chi connectivity index (χ0n) is 18.5. The molecule has 0 saturated carbocycles. The number of carbonyl (C=O) groups excluding carboxylic acids is 3. The molecule has 3 N–H and O–H groups in total. The fraction of sp³-hybridized carbons (Fsp3) is 0.167. The fourth-order valence-corrected chi connectivity index (χ4v) is 3.09. The lowest BCUT2D eigenvalue weighted by Crippen LogP contribution is -2.27. The summed E-state index contributed by atoms with van der Waals surface area (Å²) in [6, 6.07) is 14.9. The van der Waals surface area contributed by atoms with Gasteiger partial charge in [0.2, 0.25) is 5.91 Å². The molecule has 170 valence electrons. The van der Waals surface area contributed by atoms with Crippen LogP contribution in [-0.2, 0) is 4.79 Å². The highest BCUT2D eigenvalue weighted by Gasteiger charge is 2.16. The first-order chi connectivity index (χ1) is 15.7. The van der Waals surface area contributed by atoms with Crippen molar-refractivity contribution in [2.45, 2.75) is 6.92 Å². The Kier molecular flexibility index (Phi) is 7.76. The molecule has 0 bridgehead atoms. The van der Waals surface area contributed by atoms with Gasteiger partial charge in [-0.1, -0.05) is 23.2 Å². The number of amides is 3. The highest BCUT2D eigenvalue weighted by Crippen LogP contribution is 2.21. The normalized spacial score (nSPS) is 10.6. The number of anilines is 3. The predicted molar refractivity (Wildman–Crippen MR) is 130 cm³/mol. The Balaban J connectivity index is 1.72. The summed E-state index contributed by atoms with van der Waals surface area (Å²) in [7, 11) is 3.61. The van der Waals surface area contributed by atoms with Crippen molar-refractivity contribution in [3.8, 4) is 0 Å². The van der Waals surface area contributed by atoms with Crippen LogP contribution in [0.5, 0.6) is 0 Å². The van der Waals surface area contributed by atoms with Gasteiger partial charge in [0, 0.05) is 17.4 Å². The van der Waals surface area contributed by atoms with E-state index < -0.39 is 5.91 Å². The molecule has 2 aromatic carbocycles. The van der Waals surface area contributed by atoms with E-state index in [2.05, 4.69) is 20.9 Å². The monoisotopic (exact) mass is 465 g/mol. The van der Waals surface area contributed by atoms with Crippen molar-refractivity contribution in [3.05, 3.63) is 82.5 Å². The minimum Gasteiger partial charge on any atom is -0.325 e. The first kappa shape index (κ1) is 23.9. The van der Waals surface area contributed by atoms with Crippen molar-refractivity contribution >= 4 is 46.5 Å². The van der Waals surface area contributed by atoms with Crippen LogP contribution in [0.15, 0.2) is 60.8 Å². The second-order valence-corrected chi connectivity index (χ2v) is 8.12. The van der Waals surface area contributed by atoms with Crippen molar-refractivity contribution in [2.24, 2.45) is 0 Å². The lowest BCUT2D eigenvalue weighted by Gasteiger charge is -2.13. The largest absolute Gasteiger partial charge is 0.325 e. The molecule has 3 rings (SSSR count). The molecule has 0 radical (unpaired) electrons. The number of carbonyl (C=O) groups is 3. The highest BCUT2D eigenvalue weighted by atomic mass is 35.5. The molecular formula is C24H24ClN5O3. The standard InChI is InChI=1S/C24H24ClN5O3/c1-15-4-10-20(19(12-15)24(33)29-21-11-7-17(25)13-26-21)28-23(32)16-5-8-18(9-6-16)27-22(31)14-30(2)3/h4-13H,14H2,1-3H3,(H,27,31)(H,28,32)(H,26,29,33). The first-order valence-corrected chi connectivity index (χ1v) is 10.5. The molecule has 9 heteroatoms. The van der Waals surface area contributed by atoms with Gasteiger partial charge in [-0.05, 0) is 69.6 Å². The van der Waals surface area contributed by atoms with Gasteiger partial charge in [-0.2, -0.15) is 0 Å². The lowest BCUT2D eigenvalue weighted by molar-refractivity contribution is -0.116. The molecule has 0 aliphatic heterocycles. The average Bonchev–Trinajstić information content (AvgIpc) is 2.76. The summed E-state index contributed by atoms with van der Waals surface area (Å²) in [4.78, 5) is 43.3. The topological polar surface area (TPSA) is 103 Å². The summed E-state index contributed by atoms with van der Waals surface area (Å²) < 4.78 is 0. The maximum absolute atomic E-state index is 12.8. The van der Waals surface area contributed by atoms with Crippen LogP contribution in [0, 0.1) is 6.92 Å². The number of hydrogen-bond acceptors (Lipinski definition) is 5. The van der Waals surface area contributed by atoms with Gasteiger partial charge < -0.3 is 20.9 Å². The molecule has 0 atom stereocenters. The predicted octanol–water partition coefficient (Wildman–Crippen LogP) is 4.05. The summed E-state index contributed by atoms with van der Waals surface area (Å²) in [6.45, 7) is 2.11. The van der Waals surface area contributed by atoms with Crippen molar-refractivity contribution in [3.63, 3.8) is 0 Å². The third-order valence-electron chi connectivity index (χ3n) is 4.53. The van der Waals surface area contributed by atoms with Crippen LogP contribution in [0.25, 0.3) is 0 Å². The zero-order chi connectivity index (χ0) is 24.0. The Morgan fingerprint density at radius 2 is 1.64 bits per heavy atom. The van der Waals surface area contributed by atoms with Crippen LogP contribution >= 0.6 is 11.6 Å². The van der Waals surface area contributed by atoms with E-state index in [9.17, 15) is 14.4 Å². The van der Waals surface area contributed by atoms with Crippen LogP contribution in [0.2, 0.25) is 5.02 Å². The molecular weight excluding hydrogens is 442 g/mol. The van der Waals surface area contributed by atoms with Crippen LogP contribution in [-0.4, -0.2) is 48.2 Å². The first-order valence-electron chi connectivity index (χ1n) is 10.1. The second-order valence-electron chi connectivity index (χ2n) is 7.68. The van der Waals surface area contributed by atoms with Gasteiger partial charge in [0.1, 0.15) is 5.82 Å². The Hall–Kier alpha value is -3.75. The van der Waals surface area contributed by atoms with E-state index in [0.717, 1.165) is 5.56 Å². The molecule has 0 aliphatic carbocycles. The van der Waals surface area contributed by atoms with E-state index >= 15 is 0 Å². The minimum atomic E-state index is -0.414. The molecule has 33 heavy (non-hydrogen) atoms. The van der Waals surface area contributed by atoms with Gasteiger partial charge in [0.15, 0.2) is 0 Å². The Labute approximate surface area is 197 Å². The summed E-state index contributed by atoms with van der Waals surface area (Å²) in [5.74, 6) is -0.607. The van der Waals surface area contributed by atoms with Crippen LogP contribution < -0.4 is 16.0 Å². The molecule has 3 aromatic rings. The summed E-state index contributed by atoms with van der Waals surface area (Å²) in [6.07, 6.45) is 1.43. The minimum absolute atomic E-state index is 0.150. The highest BCUT2D eigenvalue weighted by molar-refractivity contribution is 6.30. The molecule has 0 fully saturated rings. The van der Waals surface area contributed by atoms with E-state index in [0.29, 0.717) is 33.3 Å². The average molecular weight is 466 g/mol. The Morgan fingerprint density at radius 1 is 0.909 bits per heavy atom. The van der Waals surface area contributed by atoms with Crippen molar-refractivity contribution in [1.82, 2.24) is 9.88 Å². The molecule has 3 amide bonds.